The third kappa shape index (κ3) is 2.09. The fraction of sp³-hybridized carbons (Fsp3) is 0.636. The zero-order valence-electron chi connectivity index (χ0n) is 9.81. The summed E-state index contributed by atoms with van der Waals surface area (Å²) >= 11 is 0. The highest BCUT2D eigenvalue weighted by atomic mass is 16.2. The van der Waals surface area contributed by atoms with Gasteiger partial charge in [0.05, 0.1) is 5.69 Å². The van der Waals surface area contributed by atoms with Gasteiger partial charge in [-0.05, 0) is 24.8 Å². The van der Waals surface area contributed by atoms with Gasteiger partial charge < -0.3 is 10.6 Å². The van der Waals surface area contributed by atoms with Gasteiger partial charge in [-0.2, -0.15) is 5.10 Å². The molecular formula is C11H18N4O. The Morgan fingerprint density at radius 2 is 2.44 bits per heavy atom. The number of nitrogens with two attached hydrogens (primary N) is 1. The first-order valence-corrected chi connectivity index (χ1v) is 5.60. The molecule has 16 heavy (non-hydrogen) atoms. The first kappa shape index (κ1) is 11.1. The molecule has 1 aliphatic rings. The third-order valence-corrected chi connectivity index (χ3v) is 2.98. The Kier molecular flexibility index (Phi) is 2.96. The molecule has 0 aliphatic heterocycles. The second-order valence-electron chi connectivity index (χ2n) is 4.52. The lowest BCUT2D eigenvalue weighted by molar-refractivity contribution is -0.129. The number of carbonyl (C=O) groups excluding carboxylic acids is 1. The Bertz CT molecular complexity index is 397. The maximum atomic E-state index is 11.5. The zero-order chi connectivity index (χ0) is 11.7. The van der Waals surface area contributed by atoms with Crippen molar-refractivity contribution in [2.75, 3.05) is 14.1 Å². The second-order valence-corrected chi connectivity index (χ2v) is 4.52. The molecule has 5 heteroatoms. The average molecular weight is 222 g/mol. The van der Waals surface area contributed by atoms with Crippen molar-refractivity contribution in [1.29, 1.82) is 0 Å². The van der Waals surface area contributed by atoms with Crippen LogP contribution in [0.1, 0.15) is 30.1 Å². The normalized spacial score (nSPS) is 19.3. The minimum atomic E-state index is 0.0412. The lowest BCUT2D eigenvalue weighted by Gasteiger charge is -2.15. The number of aryl methyl sites for hydroxylation is 1. The van der Waals surface area contributed by atoms with Gasteiger partial charge in [-0.3, -0.25) is 9.48 Å². The van der Waals surface area contributed by atoms with E-state index >= 15 is 0 Å². The van der Waals surface area contributed by atoms with Crippen LogP contribution in [-0.4, -0.2) is 34.7 Å². The fourth-order valence-electron chi connectivity index (χ4n) is 1.99. The summed E-state index contributed by atoms with van der Waals surface area (Å²) in [6.07, 6.45) is 5.09. The molecule has 0 spiro atoms. The quantitative estimate of drug-likeness (QED) is 0.783. The highest BCUT2D eigenvalue weighted by molar-refractivity contribution is 5.75. The fourth-order valence-corrected chi connectivity index (χ4v) is 1.99. The summed E-state index contributed by atoms with van der Waals surface area (Å²) in [5.74, 6) is 0.0495. The Hall–Kier alpha value is -1.36. The number of fused-ring (bicyclic) bond motifs is 1. The monoisotopic (exact) mass is 222 g/mol. The van der Waals surface area contributed by atoms with Gasteiger partial charge in [-0.25, -0.2) is 0 Å². The van der Waals surface area contributed by atoms with Crippen LogP contribution in [0.15, 0.2) is 6.20 Å². The number of nitrogens with zero attached hydrogens (tertiary/aromatic N) is 3. The van der Waals surface area contributed by atoms with Gasteiger partial charge >= 0.3 is 0 Å². The lowest BCUT2D eigenvalue weighted by Crippen LogP contribution is -2.26. The molecular weight excluding hydrogens is 204 g/mol. The van der Waals surface area contributed by atoms with E-state index in [-0.39, 0.29) is 11.9 Å². The zero-order valence-corrected chi connectivity index (χ0v) is 9.81. The number of hydrogen-bond acceptors (Lipinski definition) is 3. The number of likely N-dealkylation sites (N-methyl/N-ethyl adjacent to an activating group) is 1. The molecule has 0 fully saturated rings. The van der Waals surface area contributed by atoms with Crippen molar-refractivity contribution in [2.24, 2.45) is 5.73 Å². The van der Waals surface area contributed by atoms with E-state index in [9.17, 15) is 4.79 Å². The van der Waals surface area contributed by atoms with E-state index in [1.807, 2.05) is 6.20 Å². The standard InChI is InChI=1S/C11H18N4O/c1-14(2)10(16)7-15-6-8-4-3-5-9(12)11(8)13-15/h6,9H,3-5,7,12H2,1-2H3. The molecule has 2 rings (SSSR count). The third-order valence-electron chi connectivity index (χ3n) is 2.98. The van der Waals surface area contributed by atoms with Gasteiger partial charge in [-0.1, -0.05) is 0 Å². The van der Waals surface area contributed by atoms with Crippen molar-refractivity contribution >= 4 is 5.91 Å². The number of aromatic nitrogens is 2. The lowest BCUT2D eigenvalue weighted by atomic mass is 9.95. The highest BCUT2D eigenvalue weighted by Gasteiger charge is 2.21. The van der Waals surface area contributed by atoms with Gasteiger partial charge in [0.1, 0.15) is 6.54 Å². The number of carbonyl (C=O) groups is 1. The summed E-state index contributed by atoms with van der Waals surface area (Å²) < 4.78 is 1.71. The first-order chi connectivity index (χ1) is 7.58. The number of amides is 1. The molecule has 0 bridgehead atoms. The van der Waals surface area contributed by atoms with E-state index in [1.54, 1.807) is 23.7 Å². The van der Waals surface area contributed by atoms with Gasteiger partial charge in [0, 0.05) is 26.3 Å². The first-order valence-electron chi connectivity index (χ1n) is 5.60. The molecule has 0 radical (unpaired) electrons. The highest BCUT2D eigenvalue weighted by Crippen LogP contribution is 2.26. The molecule has 1 aromatic rings. The molecule has 0 saturated heterocycles. The minimum Gasteiger partial charge on any atom is -0.347 e. The van der Waals surface area contributed by atoms with Gasteiger partial charge in [0.2, 0.25) is 5.91 Å². The predicted molar refractivity (Wildman–Crippen MR) is 60.8 cm³/mol. The summed E-state index contributed by atoms with van der Waals surface area (Å²) in [6.45, 7) is 0.298. The van der Waals surface area contributed by atoms with Crippen LogP contribution in [0.4, 0.5) is 0 Å². The van der Waals surface area contributed by atoms with Crippen LogP contribution in [0.5, 0.6) is 0 Å². The van der Waals surface area contributed by atoms with E-state index in [4.69, 9.17) is 5.73 Å². The summed E-state index contributed by atoms with van der Waals surface area (Å²) in [5.41, 5.74) is 8.15. The van der Waals surface area contributed by atoms with Crippen LogP contribution < -0.4 is 5.73 Å². The van der Waals surface area contributed by atoms with Crippen molar-refractivity contribution < 1.29 is 4.79 Å². The minimum absolute atomic E-state index is 0.0412. The van der Waals surface area contributed by atoms with Crippen LogP contribution in [0.2, 0.25) is 0 Å². The maximum absolute atomic E-state index is 11.5. The van der Waals surface area contributed by atoms with Crippen molar-refractivity contribution in [3.63, 3.8) is 0 Å². The topological polar surface area (TPSA) is 64.2 Å². The molecule has 0 saturated carbocycles. The van der Waals surface area contributed by atoms with Crippen molar-refractivity contribution in [3.05, 3.63) is 17.5 Å². The van der Waals surface area contributed by atoms with Crippen molar-refractivity contribution in [3.8, 4) is 0 Å². The van der Waals surface area contributed by atoms with E-state index in [1.165, 1.54) is 5.56 Å². The Morgan fingerprint density at radius 1 is 1.69 bits per heavy atom. The van der Waals surface area contributed by atoms with Crippen molar-refractivity contribution in [1.82, 2.24) is 14.7 Å². The molecule has 1 heterocycles. The molecule has 1 unspecified atom stereocenters. The van der Waals surface area contributed by atoms with Crippen LogP contribution in [0.3, 0.4) is 0 Å². The Labute approximate surface area is 95.2 Å². The smallest absolute Gasteiger partial charge is 0.243 e. The summed E-state index contributed by atoms with van der Waals surface area (Å²) in [7, 11) is 3.49. The van der Waals surface area contributed by atoms with Gasteiger partial charge in [0.15, 0.2) is 0 Å². The van der Waals surface area contributed by atoms with Crippen LogP contribution >= 0.6 is 0 Å². The molecule has 1 amide bonds. The average Bonchev–Trinajstić information content (AvgIpc) is 2.61. The van der Waals surface area contributed by atoms with Gasteiger partial charge in [-0.15, -0.1) is 0 Å². The SMILES string of the molecule is CN(C)C(=O)Cn1cc2c(n1)C(N)CCC2. The predicted octanol–water partition coefficient (Wildman–Crippen LogP) is 0.307. The molecule has 0 aromatic carbocycles. The van der Waals surface area contributed by atoms with Gasteiger partial charge in [0.25, 0.3) is 0 Å². The maximum Gasteiger partial charge on any atom is 0.243 e. The molecule has 5 nitrogen and oxygen atoms in total. The number of rotatable bonds is 2. The van der Waals surface area contributed by atoms with Crippen LogP contribution in [0, 0.1) is 0 Å². The second kappa shape index (κ2) is 4.25. The Balaban J connectivity index is 2.15. The molecule has 1 aromatic heterocycles. The van der Waals surface area contributed by atoms with E-state index in [0.717, 1.165) is 25.0 Å². The van der Waals surface area contributed by atoms with E-state index < -0.39 is 0 Å². The van der Waals surface area contributed by atoms with E-state index in [0.29, 0.717) is 6.54 Å². The largest absolute Gasteiger partial charge is 0.347 e. The Morgan fingerprint density at radius 3 is 3.06 bits per heavy atom. The molecule has 1 atom stereocenters. The summed E-state index contributed by atoms with van der Waals surface area (Å²) in [6, 6.07) is 0.0412. The molecule has 1 aliphatic carbocycles. The summed E-state index contributed by atoms with van der Waals surface area (Å²) in [4.78, 5) is 13.1. The van der Waals surface area contributed by atoms with E-state index in [2.05, 4.69) is 5.10 Å². The number of hydrogen-bond donors (Lipinski definition) is 1. The molecule has 88 valence electrons. The van der Waals surface area contributed by atoms with Crippen LogP contribution in [0.25, 0.3) is 0 Å². The molecule has 2 N–H and O–H groups in total. The van der Waals surface area contributed by atoms with Crippen molar-refractivity contribution in [2.45, 2.75) is 31.8 Å². The summed E-state index contributed by atoms with van der Waals surface area (Å²) in [5, 5.41) is 4.40. The van der Waals surface area contributed by atoms with Crippen LogP contribution in [-0.2, 0) is 17.8 Å².